The van der Waals surface area contributed by atoms with E-state index in [0.717, 1.165) is 0 Å². The SMILES string of the molecule is CC(=O)CC(O)c1ccc(CO)o1. The monoisotopic (exact) mass is 184 g/mol. The van der Waals surface area contributed by atoms with Crippen LogP contribution in [-0.2, 0) is 11.4 Å². The van der Waals surface area contributed by atoms with Gasteiger partial charge in [-0.05, 0) is 19.1 Å². The molecule has 4 heteroatoms. The Kier molecular flexibility index (Phi) is 3.22. The maximum atomic E-state index is 10.7. The van der Waals surface area contributed by atoms with Gasteiger partial charge >= 0.3 is 0 Å². The average Bonchev–Trinajstić information content (AvgIpc) is 2.50. The van der Waals surface area contributed by atoms with Gasteiger partial charge in [-0.1, -0.05) is 0 Å². The van der Waals surface area contributed by atoms with Crippen molar-refractivity contribution >= 4 is 5.78 Å². The molecule has 2 N–H and O–H groups in total. The zero-order valence-corrected chi connectivity index (χ0v) is 7.36. The van der Waals surface area contributed by atoms with Crippen LogP contribution in [0.1, 0.15) is 31.0 Å². The molecule has 1 heterocycles. The number of ketones is 1. The smallest absolute Gasteiger partial charge is 0.133 e. The second kappa shape index (κ2) is 4.20. The van der Waals surface area contributed by atoms with Gasteiger partial charge < -0.3 is 14.6 Å². The molecule has 0 aromatic carbocycles. The minimum absolute atomic E-state index is 0.0401. The largest absolute Gasteiger partial charge is 0.461 e. The number of aliphatic hydroxyl groups is 2. The Labute approximate surface area is 75.8 Å². The van der Waals surface area contributed by atoms with Crippen LogP contribution in [0.3, 0.4) is 0 Å². The van der Waals surface area contributed by atoms with Gasteiger partial charge in [0.2, 0.25) is 0 Å². The zero-order valence-electron chi connectivity index (χ0n) is 7.36. The number of carbonyl (C=O) groups excluding carboxylic acids is 1. The van der Waals surface area contributed by atoms with Gasteiger partial charge in [-0.3, -0.25) is 4.79 Å². The lowest BCUT2D eigenvalue weighted by molar-refractivity contribution is -0.119. The van der Waals surface area contributed by atoms with E-state index in [4.69, 9.17) is 9.52 Å². The minimum atomic E-state index is -0.905. The predicted molar refractivity (Wildman–Crippen MR) is 44.9 cm³/mol. The number of rotatable bonds is 4. The molecule has 1 atom stereocenters. The highest BCUT2D eigenvalue weighted by molar-refractivity contribution is 5.76. The van der Waals surface area contributed by atoms with E-state index < -0.39 is 6.10 Å². The fourth-order valence-corrected chi connectivity index (χ4v) is 1.03. The summed E-state index contributed by atoms with van der Waals surface area (Å²) in [5, 5.41) is 18.1. The van der Waals surface area contributed by atoms with Crippen molar-refractivity contribution in [3.05, 3.63) is 23.7 Å². The summed E-state index contributed by atoms with van der Waals surface area (Å²) in [5.41, 5.74) is 0. The Hall–Kier alpha value is -1.13. The Morgan fingerprint density at radius 2 is 2.31 bits per heavy atom. The fourth-order valence-electron chi connectivity index (χ4n) is 1.03. The molecule has 4 nitrogen and oxygen atoms in total. The Balaban J connectivity index is 2.65. The van der Waals surface area contributed by atoms with Crippen LogP contribution >= 0.6 is 0 Å². The molecule has 0 amide bonds. The molecular formula is C9H12O4. The lowest BCUT2D eigenvalue weighted by atomic mass is 10.1. The third-order valence-electron chi connectivity index (χ3n) is 1.65. The first-order valence-electron chi connectivity index (χ1n) is 4.00. The topological polar surface area (TPSA) is 70.7 Å². The highest BCUT2D eigenvalue weighted by atomic mass is 16.4. The van der Waals surface area contributed by atoms with E-state index in [9.17, 15) is 9.90 Å². The fraction of sp³-hybridized carbons (Fsp3) is 0.444. The van der Waals surface area contributed by atoms with Crippen LogP contribution in [0.5, 0.6) is 0 Å². The van der Waals surface area contributed by atoms with E-state index in [0.29, 0.717) is 11.5 Å². The van der Waals surface area contributed by atoms with Gasteiger partial charge in [0.1, 0.15) is 30.0 Å². The number of furan rings is 1. The molecule has 13 heavy (non-hydrogen) atoms. The molecule has 0 saturated carbocycles. The first-order valence-corrected chi connectivity index (χ1v) is 4.00. The quantitative estimate of drug-likeness (QED) is 0.725. The van der Waals surface area contributed by atoms with Gasteiger partial charge in [-0.15, -0.1) is 0 Å². The number of aliphatic hydroxyl groups excluding tert-OH is 2. The Morgan fingerprint density at radius 1 is 1.62 bits per heavy atom. The van der Waals surface area contributed by atoms with Crippen molar-refractivity contribution in [2.24, 2.45) is 0 Å². The molecule has 1 unspecified atom stereocenters. The average molecular weight is 184 g/mol. The summed E-state index contributed by atoms with van der Waals surface area (Å²) in [6.07, 6.45) is -0.865. The number of hydrogen-bond acceptors (Lipinski definition) is 4. The molecule has 0 aliphatic heterocycles. The van der Waals surface area contributed by atoms with Gasteiger partial charge in [0, 0.05) is 6.42 Å². The number of carbonyl (C=O) groups is 1. The lowest BCUT2D eigenvalue weighted by Crippen LogP contribution is -2.01. The van der Waals surface area contributed by atoms with Crippen molar-refractivity contribution in [1.82, 2.24) is 0 Å². The first kappa shape index (κ1) is 9.95. The molecule has 0 bridgehead atoms. The first-order chi connectivity index (χ1) is 6.13. The van der Waals surface area contributed by atoms with E-state index in [1.54, 1.807) is 12.1 Å². The maximum Gasteiger partial charge on any atom is 0.133 e. The molecule has 1 aromatic rings. The number of Topliss-reactive ketones (excluding diaryl/α,β-unsaturated/α-hetero) is 1. The van der Waals surface area contributed by atoms with Crippen LogP contribution in [0, 0.1) is 0 Å². The van der Waals surface area contributed by atoms with Crippen LogP contribution in [-0.4, -0.2) is 16.0 Å². The van der Waals surface area contributed by atoms with Crippen molar-refractivity contribution in [3.8, 4) is 0 Å². The predicted octanol–water partition coefficient (Wildman–Crippen LogP) is 0.784. The van der Waals surface area contributed by atoms with E-state index in [1.165, 1.54) is 6.92 Å². The van der Waals surface area contributed by atoms with Crippen LogP contribution in [0.25, 0.3) is 0 Å². The second-order valence-corrected chi connectivity index (χ2v) is 2.88. The summed E-state index contributed by atoms with van der Waals surface area (Å²) in [7, 11) is 0. The lowest BCUT2D eigenvalue weighted by Gasteiger charge is -2.03. The summed E-state index contributed by atoms with van der Waals surface area (Å²) in [6, 6.07) is 3.12. The van der Waals surface area contributed by atoms with Crippen molar-refractivity contribution < 1.29 is 19.4 Å². The van der Waals surface area contributed by atoms with Crippen molar-refractivity contribution in [2.75, 3.05) is 0 Å². The molecule has 0 fully saturated rings. The normalized spacial score (nSPS) is 12.8. The zero-order chi connectivity index (χ0) is 9.84. The maximum absolute atomic E-state index is 10.7. The van der Waals surface area contributed by atoms with Crippen LogP contribution < -0.4 is 0 Å². The minimum Gasteiger partial charge on any atom is -0.461 e. The Bertz CT molecular complexity index is 290. The summed E-state index contributed by atoms with van der Waals surface area (Å²) < 4.78 is 5.04. The van der Waals surface area contributed by atoms with Crippen LogP contribution in [0.15, 0.2) is 16.5 Å². The molecule has 72 valence electrons. The van der Waals surface area contributed by atoms with Gasteiger partial charge in [-0.25, -0.2) is 0 Å². The molecule has 1 rings (SSSR count). The highest BCUT2D eigenvalue weighted by Gasteiger charge is 2.13. The van der Waals surface area contributed by atoms with E-state index in [1.807, 2.05) is 0 Å². The van der Waals surface area contributed by atoms with Crippen molar-refractivity contribution in [1.29, 1.82) is 0 Å². The third kappa shape index (κ3) is 2.68. The van der Waals surface area contributed by atoms with E-state index >= 15 is 0 Å². The second-order valence-electron chi connectivity index (χ2n) is 2.88. The molecular weight excluding hydrogens is 172 g/mol. The summed E-state index contributed by atoms with van der Waals surface area (Å²) >= 11 is 0. The number of hydrogen-bond donors (Lipinski definition) is 2. The summed E-state index contributed by atoms with van der Waals surface area (Å²) in [5.74, 6) is 0.603. The van der Waals surface area contributed by atoms with Crippen LogP contribution in [0.2, 0.25) is 0 Å². The van der Waals surface area contributed by atoms with Gasteiger partial charge in [0.25, 0.3) is 0 Å². The summed E-state index contributed by atoms with van der Waals surface area (Å²) in [6.45, 7) is 1.20. The highest BCUT2D eigenvalue weighted by Crippen LogP contribution is 2.19. The molecule has 1 aromatic heterocycles. The van der Waals surface area contributed by atoms with Gasteiger partial charge in [-0.2, -0.15) is 0 Å². The molecule has 0 spiro atoms. The third-order valence-corrected chi connectivity index (χ3v) is 1.65. The molecule has 0 radical (unpaired) electrons. The van der Waals surface area contributed by atoms with Crippen molar-refractivity contribution in [3.63, 3.8) is 0 Å². The summed E-state index contributed by atoms with van der Waals surface area (Å²) in [4.78, 5) is 10.7. The molecule has 0 aliphatic rings. The molecule has 0 saturated heterocycles. The molecule has 0 aliphatic carbocycles. The van der Waals surface area contributed by atoms with Gasteiger partial charge in [0.05, 0.1) is 0 Å². The van der Waals surface area contributed by atoms with E-state index in [-0.39, 0.29) is 18.8 Å². The van der Waals surface area contributed by atoms with E-state index in [2.05, 4.69) is 0 Å². The van der Waals surface area contributed by atoms with Crippen LogP contribution in [0.4, 0.5) is 0 Å². The standard InChI is InChI=1S/C9H12O4/c1-6(11)4-8(12)9-3-2-7(5-10)13-9/h2-3,8,10,12H,4-5H2,1H3. The Morgan fingerprint density at radius 3 is 2.77 bits per heavy atom. The van der Waals surface area contributed by atoms with Crippen molar-refractivity contribution in [2.45, 2.75) is 26.1 Å². The van der Waals surface area contributed by atoms with Gasteiger partial charge in [0.15, 0.2) is 0 Å².